The van der Waals surface area contributed by atoms with Crippen LogP contribution in [0.3, 0.4) is 0 Å². The summed E-state index contributed by atoms with van der Waals surface area (Å²) in [5, 5.41) is 0. The molecule has 0 radical (unpaired) electrons. The van der Waals surface area contributed by atoms with Gasteiger partial charge in [0.15, 0.2) is 0 Å². The van der Waals surface area contributed by atoms with Gasteiger partial charge >= 0.3 is 0 Å². The maximum Gasteiger partial charge on any atom is 0.122 e. The molecule has 1 aliphatic heterocycles. The fourth-order valence-electron chi connectivity index (χ4n) is 1.85. The van der Waals surface area contributed by atoms with Gasteiger partial charge in [-0.15, -0.1) is 0 Å². The number of hydrogen-bond acceptors (Lipinski definition) is 3. The molecular weight excluding hydrogens is 188 g/mol. The first-order chi connectivity index (χ1) is 7.29. The summed E-state index contributed by atoms with van der Waals surface area (Å²) in [6.07, 6.45) is 5.18. The van der Waals surface area contributed by atoms with Crippen LogP contribution in [0.4, 0.5) is 0 Å². The molecule has 0 unspecified atom stereocenters. The Kier molecular flexibility index (Phi) is 3.23. The summed E-state index contributed by atoms with van der Waals surface area (Å²) < 4.78 is 5.44. The van der Waals surface area contributed by atoms with Gasteiger partial charge in [0.25, 0.3) is 0 Å². The molecule has 0 amide bonds. The van der Waals surface area contributed by atoms with E-state index in [0.717, 1.165) is 31.0 Å². The third-order valence-corrected chi connectivity index (χ3v) is 2.95. The molecular formula is C12H18N2O. The maximum atomic E-state index is 5.63. The van der Waals surface area contributed by atoms with E-state index in [9.17, 15) is 0 Å². The first kappa shape index (κ1) is 10.5. The molecule has 2 rings (SSSR count). The summed E-state index contributed by atoms with van der Waals surface area (Å²) in [6, 6.07) is 1.96. The average molecular weight is 206 g/mol. The van der Waals surface area contributed by atoms with Crippen molar-refractivity contribution in [1.29, 1.82) is 0 Å². The van der Waals surface area contributed by atoms with Crippen molar-refractivity contribution in [1.82, 2.24) is 4.90 Å². The van der Waals surface area contributed by atoms with Gasteiger partial charge in [0.05, 0.1) is 12.8 Å². The van der Waals surface area contributed by atoms with Crippen LogP contribution in [0.2, 0.25) is 0 Å². The Labute approximate surface area is 90.5 Å². The zero-order chi connectivity index (χ0) is 10.7. The molecule has 3 heteroatoms. The van der Waals surface area contributed by atoms with Crippen LogP contribution in [0.5, 0.6) is 0 Å². The quantitative estimate of drug-likeness (QED) is 0.768. The van der Waals surface area contributed by atoms with Gasteiger partial charge in [-0.3, -0.25) is 4.90 Å². The van der Waals surface area contributed by atoms with E-state index in [1.54, 1.807) is 6.26 Å². The Morgan fingerprint density at radius 3 is 3.07 bits per heavy atom. The van der Waals surface area contributed by atoms with E-state index >= 15 is 0 Å². The minimum absolute atomic E-state index is 0.564. The zero-order valence-electron chi connectivity index (χ0n) is 9.20. The monoisotopic (exact) mass is 206 g/mol. The van der Waals surface area contributed by atoms with Gasteiger partial charge in [-0.2, -0.15) is 0 Å². The Morgan fingerprint density at radius 2 is 2.40 bits per heavy atom. The van der Waals surface area contributed by atoms with E-state index in [0.29, 0.717) is 6.54 Å². The van der Waals surface area contributed by atoms with Crippen molar-refractivity contribution in [3.05, 3.63) is 35.3 Å². The lowest BCUT2D eigenvalue weighted by molar-refractivity contribution is 0.260. The summed E-state index contributed by atoms with van der Waals surface area (Å²) >= 11 is 0. The molecule has 2 N–H and O–H groups in total. The van der Waals surface area contributed by atoms with Crippen molar-refractivity contribution in [2.24, 2.45) is 5.73 Å². The highest BCUT2D eigenvalue weighted by atomic mass is 16.3. The number of nitrogens with zero attached hydrogens (tertiary/aromatic N) is 1. The largest absolute Gasteiger partial charge is 0.468 e. The van der Waals surface area contributed by atoms with Gasteiger partial charge in [0, 0.05) is 25.2 Å². The average Bonchev–Trinajstić information content (AvgIpc) is 2.69. The molecule has 2 heterocycles. The van der Waals surface area contributed by atoms with Gasteiger partial charge in [0.1, 0.15) is 5.76 Å². The number of furan rings is 1. The fraction of sp³-hybridized carbons (Fsp3) is 0.500. The molecule has 1 aromatic heterocycles. The first-order valence-electron chi connectivity index (χ1n) is 5.43. The molecule has 1 aromatic rings. The van der Waals surface area contributed by atoms with E-state index in [-0.39, 0.29) is 0 Å². The van der Waals surface area contributed by atoms with Gasteiger partial charge in [0.2, 0.25) is 0 Å². The van der Waals surface area contributed by atoms with Crippen LogP contribution in [0.25, 0.3) is 0 Å². The molecule has 1 aliphatic rings. The van der Waals surface area contributed by atoms with Gasteiger partial charge in [-0.05, 0) is 19.4 Å². The highest BCUT2D eigenvalue weighted by Crippen LogP contribution is 2.16. The van der Waals surface area contributed by atoms with Gasteiger partial charge in [-0.1, -0.05) is 11.6 Å². The summed E-state index contributed by atoms with van der Waals surface area (Å²) in [6.45, 7) is 5.77. The SMILES string of the molecule is CC1=CCN(Cc2occc2CN)CC1. The zero-order valence-corrected chi connectivity index (χ0v) is 9.20. The second kappa shape index (κ2) is 4.64. The first-order valence-corrected chi connectivity index (χ1v) is 5.43. The van der Waals surface area contributed by atoms with Gasteiger partial charge < -0.3 is 10.2 Å². The highest BCUT2D eigenvalue weighted by Gasteiger charge is 2.13. The minimum atomic E-state index is 0.564. The fourth-order valence-corrected chi connectivity index (χ4v) is 1.85. The lowest BCUT2D eigenvalue weighted by Gasteiger charge is -2.24. The smallest absolute Gasteiger partial charge is 0.122 e. The van der Waals surface area contributed by atoms with E-state index in [1.807, 2.05) is 6.07 Å². The van der Waals surface area contributed by atoms with Crippen molar-refractivity contribution in [2.45, 2.75) is 26.4 Å². The number of nitrogens with two attached hydrogens (primary N) is 1. The highest BCUT2D eigenvalue weighted by molar-refractivity contribution is 5.17. The van der Waals surface area contributed by atoms with Crippen LogP contribution in [-0.4, -0.2) is 18.0 Å². The lowest BCUT2D eigenvalue weighted by atomic mass is 10.1. The van der Waals surface area contributed by atoms with E-state index in [1.165, 1.54) is 12.0 Å². The number of hydrogen-bond donors (Lipinski definition) is 1. The van der Waals surface area contributed by atoms with Crippen LogP contribution in [-0.2, 0) is 13.1 Å². The molecule has 3 nitrogen and oxygen atoms in total. The standard InChI is InChI=1S/C12H18N2O/c1-10-2-5-14(6-3-10)9-12-11(8-13)4-7-15-12/h2,4,7H,3,5-6,8-9,13H2,1H3. The lowest BCUT2D eigenvalue weighted by Crippen LogP contribution is -2.28. The minimum Gasteiger partial charge on any atom is -0.468 e. The van der Waals surface area contributed by atoms with Crippen molar-refractivity contribution in [3.8, 4) is 0 Å². The maximum absolute atomic E-state index is 5.63. The van der Waals surface area contributed by atoms with E-state index < -0.39 is 0 Å². The molecule has 15 heavy (non-hydrogen) atoms. The Bertz CT molecular complexity index is 354. The molecule has 82 valence electrons. The van der Waals surface area contributed by atoms with Crippen molar-refractivity contribution < 1.29 is 4.42 Å². The van der Waals surface area contributed by atoms with Crippen LogP contribution < -0.4 is 5.73 Å². The topological polar surface area (TPSA) is 42.4 Å². The van der Waals surface area contributed by atoms with Crippen LogP contribution in [0.15, 0.2) is 28.4 Å². The summed E-state index contributed by atoms with van der Waals surface area (Å²) in [5.74, 6) is 1.02. The molecule has 0 saturated carbocycles. The molecule has 0 atom stereocenters. The predicted molar refractivity (Wildman–Crippen MR) is 60.3 cm³/mol. The Hall–Kier alpha value is -1.06. The summed E-state index contributed by atoms with van der Waals surface area (Å²) in [4.78, 5) is 2.38. The molecule has 0 fully saturated rings. The summed E-state index contributed by atoms with van der Waals surface area (Å²) in [7, 11) is 0. The third kappa shape index (κ3) is 2.49. The Balaban J connectivity index is 1.98. The molecule has 0 bridgehead atoms. The second-order valence-corrected chi connectivity index (χ2v) is 4.11. The Morgan fingerprint density at radius 1 is 1.53 bits per heavy atom. The molecule has 0 aromatic carbocycles. The van der Waals surface area contributed by atoms with Crippen LogP contribution in [0.1, 0.15) is 24.7 Å². The van der Waals surface area contributed by atoms with E-state index in [2.05, 4.69) is 17.9 Å². The van der Waals surface area contributed by atoms with Crippen molar-refractivity contribution in [3.63, 3.8) is 0 Å². The predicted octanol–water partition coefficient (Wildman–Crippen LogP) is 1.89. The number of rotatable bonds is 3. The summed E-state index contributed by atoms with van der Waals surface area (Å²) in [5.41, 5.74) is 8.25. The van der Waals surface area contributed by atoms with Crippen molar-refractivity contribution in [2.75, 3.05) is 13.1 Å². The van der Waals surface area contributed by atoms with Crippen molar-refractivity contribution >= 4 is 0 Å². The van der Waals surface area contributed by atoms with Crippen LogP contribution >= 0.6 is 0 Å². The third-order valence-electron chi connectivity index (χ3n) is 2.95. The second-order valence-electron chi connectivity index (χ2n) is 4.11. The molecule has 0 aliphatic carbocycles. The van der Waals surface area contributed by atoms with Crippen LogP contribution in [0, 0.1) is 0 Å². The molecule has 0 saturated heterocycles. The van der Waals surface area contributed by atoms with E-state index in [4.69, 9.17) is 10.2 Å². The normalized spacial score (nSPS) is 17.9. The van der Waals surface area contributed by atoms with Gasteiger partial charge in [-0.25, -0.2) is 0 Å². The molecule has 0 spiro atoms.